The van der Waals surface area contributed by atoms with Crippen LogP contribution in [0.2, 0.25) is 5.02 Å². The molecular weight excluding hydrogens is 259 g/mol. The molecule has 2 atom stereocenters. The average Bonchev–Trinajstić information content (AvgIpc) is 2.30. The highest BCUT2D eigenvalue weighted by Crippen LogP contribution is 2.21. The quantitative estimate of drug-likeness (QED) is 0.888. The highest BCUT2D eigenvalue weighted by molar-refractivity contribution is 6.33. The summed E-state index contributed by atoms with van der Waals surface area (Å²) in [6.45, 7) is 3.96. The van der Waals surface area contributed by atoms with Crippen molar-refractivity contribution in [2.45, 2.75) is 26.3 Å². The summed E-state index contributed by atoms with van der Waals surface area (Å²) in [4.78, 5) is 11.8. The fourth-order valence-electron chi connectivity index (χ4n) is 1.29. The van der Waals surface area contributed by atoms with E-state index in [-0.39, 0.29) is 24.2 Å². The average molecular weight is 277 g/mol. The number of halogens is 2. The fraction of sp³-hybridized carbons (Fsp3) is 0.417. The first-order valence-corrected chi connectivity index (χ1v) is 5.75. The van der Waals surface area contributed by atoms with Crippen molar-refractivity contribution in [2.75, 3.05) is 5.32 Å². The van der Waals surface area contributed by atoms with Crippen LogP contribution in [-0.2, 0) is 4.79 Å². The molecule has 5 heteroatoms. The number of carbonyl (C=O) groups excluding carboxylic acids is 1. The van der Waals surface area contributed by atoms with Crippen molar-refractivity contribution >= 4 is 35.6 Å². The fourth-order valence-corrected chi connectivity index (χ4v) is 1.47. The van der Waals surface area contributed by atoms with E-state index in [0.29, 0.717) is 10.7 Å². The van der Waals surface area contributed by atoms with Gasteiger partial charge in [-0.2, -0.15) is 0 Å². The van der Waals surface area contributed by atoms with Crippen LogP contribution in [0.5, 0.6) is 0 Å². The number of rotatable bonds is 4. The summed E-state index contributed by atoms with van der Waals surface area (Å²) in [5.41, 5.74) is 6.42. The Balaban J connectivity index is 0.00000256. The molecule has 0 saturated heterocycles. The number of anilines is 1. The van der Waals surface area contributed by atoms with Gasteiger partial charge in [-0.25, -0.2) is 0 Å². The minimum atomic E-state index is -0.499. The summed E-state index contributed by atoms with van der Waals surface area (Å²) in [6, 6.07) is 6.61. The second kappa shape index (κ2) is 7.54. The molecule has 0 aliphatic heterocycles. The van der Waals surface area contributed by atoms with Crippen LogP contribution >= 0.6 is 24.0 Å². The van der Waals surface area contributed by atoms with Crippen molar-refractivity contribution in [2.24, 2.45) is 11.7 Å². The van der Waals surface area contributed by atoms with Gasteiger partial charge in [0.2, 0.25) is 5.91 Å². The molecule has 1 aromatic carbocycles. The van der Waals surface area contributed by atoms with Gasteiger partial charge in [0.1, 0.15) is 0 Å². The largest absolute Gasteiger partial charge is 0.323 e. The number of carbonyl (C=O) groups is 1. The predicted octanol–water partition coefficient (Wildman–Crippen LogP) is 3.07. The maximum Gasteiger partial charge on any atom is 0.241 e. The van der Waals surface area contributed by atoms with Crippen LogP contribution in [0.1, 0.15) is 20.3 Å². The van der Waals surface area contributed by atoms with E-state index in [0.717, 1.165) is 6.42 Å². The van der Waals surface area contributed by atoms with Crippen LogP contribution in [0.3, 0.4) is 0 Å². The lowest BCUT2D eigenvalue weighted by atomic mass is 9.99. The third-order valence-corrected chi connectivity index (χ3v) is 3.02. The molecule has 0 aromatic heterocycles. The van der Waals surface area contributed by atoms with Gasteiger partial charge >= 0.3 is 0 Å². The minimum absolute atomic E-state index is 0. The molecule has 0 fully saturated rings. The van der Waals surface area contributed by atoms with Gasteiger partial charge in [-0.1, -0.05) is 44.0 Å². The molecule has 3 N–H and O–H groups in total. The van der Waals surface area contributed by atoms with Gasteiger partial charge in [-0.05, 0) is 18.1 Å². The van der Waals surface area contributed by atoms with Crippen molar-refractivity contribution in [3.05, 3.63) is 29.3 Å². The summed E-state index contributed by atoms with van der Waals surface area (Å²) < 4.78 is 0. The van der Waals surface area contributed by atoms with E-state index in [1.807, 2.05) is 26.0 Å². The van der Waals surface area contributed by atoms with Crippen LogP contribution in [0.15, 0.2) is 24.3 Å². The molecule has 1 aromatic rings. The second-order valence-electron chi connectivity index (χ2n) is 3.88. The molecule has 3 nitrogen and oxygen atoms in total. The normalized spacial score (nSPS) is 13.4. The van der Waals surface area contributed by atoms with Gasteiger partial charge in [-0.15, -0.1) is 12.4 Å². The predicted molar refractivity (Wildman–Crippen MR) is 74.8 cm³/mol. The van der Waals surface area contributed by atoms with E-state index < -0.39 is 6.04 Å². The number of benzene rings is 1. The van der Waals surface area contributed by atoms with Gasteiger partial charge in [0.15, 0.2) is 0 Å². The Morgan fingerprint density at radius 2 is 2.06 bits per heavy atom. The second-order valence-corrected chi connectivity index (χ2v) is 4.29. The Labute approximate surface area is 113 Å². The standard InChI is InChI=1S/C12H17ClN2O.ClH/c1-3-8(2)11(14)12(16)15-10-7-5-4-6-9(10)13;/h4-8,11H,3,14H2,1-2H3,(H,15,16);1H. The van der Waals surface area contributed by atoms with E-state index in [9.17, 15) is 4.79 Å². The van der Waals surface area contributed by atoms with Crippen LogP contribution < -0.4 is 11.1 Å². The number of nitrogens with one attached hydrogen (secondary N) is 1. The lowest BCUT2D eigenvalue weighted by molar-refractivity contribution is -0.118. The molecule has 2 unspecified atom stereocenters. The van der Waals surface area contributed by atoms with Crippen molar-refractivity contribution in [1.82, 2.24) is 0 Å². The van der Waals surface area contributed by atoms with Gasteiger partial charge in [0.05, 0.1) is 16.8 Å². The van der Waals surface area contributed by atoms with Crippen molar-refractivity contribution in [1.29, 1.82) is 0 Å². The van der Waals surface area contributed by atoms with Crippen LogP contribution in [0.25, 0.3) is 0 Å². The number of hydrogen-bond donors (Lipinski definition) is 2. The van der Waals surface area contributed by atoms with Crippen LogP contribution in [0, 0.1) is 5.92 Å². The summed E-state index contributed by atoms with van der Waals surface area (Å²) in [5, 5.41) is 3.25. The molecule has 0 saturated carbocycles. The SMILES string of the molecule is CCC(C)C(N)C(=O)Nc1ccccc1Cl.Cl. The Kier molecular flexibility index (Phi) is 7.19. The topological polar surface area (TPSA) is 55.1 Å². The number of para-hydroxylation sites is 1. The Bertz CT molecular complexity index is 371. The lowest BCUT2D eigenvalue weighted by Gasteiger charge is -2.18. The molecular formula is C12H18Cl2N2O. The maximum absolute atomic E-state index is 11.8. The van der Waals surface area contributed by atoms with Gasteiger partial charge in [0, 0.05) is 0 Å². The third-order valence-electron chi connectivity index (χ3n) is 2.69. The van der Waals surface area contributed by atoms with E-state index in [2.05, 4.69) is 5.32 Å². The molecule has 0 heterocycles. The number of nitrogens with two attached hydrogens (primary N) is 1. The number of amides is 1. The van der Waals surface area contributed by atoms with E-state index in [1.165, 1.54) is 0 Å². The summed E-state index contributed by atoms with van der Waals surface area (Å²) >= 11 is 5.93. The molecule has 1 amide bonds. The van der Waals surface area contributed by atoms with Crippen LogP contribution in [0.4, 0.5) is 5.69 Å². The Hall–Kier alpha value is -0.770. The first-order chi connectivity index (χ1) is 7.56. The molecule has 0 spiro atoms. The van der Waals surface area contributed by atoms with Crippen molar-refractivity contribution < 1.29 is 4.79 Å². The smallest absolute Gasteiger partial charge is 0.241 e. The Morgan fingerprint density at radius 3 is 2.59 bits per heavy atom. The zero-order valence-electron chi connectivity index (χ0n) is 9.94. The van der Waals surface area contributed by atoms with Gasteiger partial charge in [-0.3, -0.25) is 4.79 Å². The first-order valence-electron chi connectivity index (χ1n) is 5.37. The van der Waals surface area contributed by atoms with Gasteiger partial charge in [0.25, 0.3) is 0 Å². The summed E-state index contributed by atoms with van der Waals surface area (Å²) in [5.74, 6) is -0.0371. The molecule has 17 heavy (non-hydrogen) atoms. The van der Waals surface area contributed by atoms with E-state index in [1.54, 1.807) is 12.1 Å². The molecule has 0 bridgehead atoms. The zero-order valence-corrected chi connectivity index (χ0v) is 11.5. The summed E-state index contributed by atoms with van der Waals surface area (Å²) in [6.07, 6.45) is 0.872. The third kappa shape index (κ3) is 4.54. The van der Waals surface area contributed by atoms with Crippen molar-refractivity contribution in [3.8, 4) is 0 Å². The Morgan fingerprint density at radius 1 is 1.47 bits per heavy atom. The molecule has 0 aliphatic carbocycles. The molecule has 1 rings (SSSR count). The highest BCUT2D eigenvalue weighted by atomic mass is 35.5. The van der Waals surface area contributed by atoms with E-state index in [4.69, 9.17) is 17.3 Å². The monoisotopic (exact) mass is 276 g/mol. The maximum atomic E-state index is 11.8. The van der Waals surface area contributed by atoms with Crippen LogP contribution in [-0.4, -0.2) is 11.9 Å². The minimum Gasteiger partial charge on any atom is -0.323 e. The first kappa shape index (κ1) is 16.2. The zero-order chi connectivity index (χ0) is 12.1. The van der Waals surface area contributed by atoms with Gasteiger partial charge < -0.3 is 11.1 Å². The van der Waals surface area contributed by atoms with E-state index >= 15 is 0 Å². The van der Waals surface area contributed by atoms with Crippen molar-refractivity contribution in [3.63, 3.8) is 0 Å². The molecule has 0 radical (unpaired) electrons. The number of hydrogen-bond acceptors (Lipinski definition) is 2. The summed E-state index contributed by atoms with van der Waals surface area (Å²) in [7, 11) is 0. The highest BCUT2D eigenvalue weighted by Gasteiger charge is 2.19. The molecule has 0 aliphatic rings. The molecule has 96 valence electrons. The lowest BCUT2D eigenvalue weighted by Crippen LogP contribution is -2.40.